The van der Waals surface area contributed by atoms with E-state index in [4.69, 9.17) is 5.73 Å². The lowest BCUT2D eigenvalue weighted by atomic mass is 9.92. The van der Waals surface area contributed by atoms with Crippen molar-refractivity contribution in [1.82, 2.24) is 5.32 Å². The van der Waals surface area contributed by atoms with Gasteiger partial charge in [-0.2, -0.15) is 0 Å². The number of hydrogen-bond acceptors (Lipinski definition) is 4. The van der Waals surface area contributed by atoms with Crippen molar-refractivity contribution >= 4 is 30.5 Å². The van der Waals surface area contributed by atoms with Gasteiger partial charge in [-0.3, -0.25) is 10.1 Å². The van der Waals surface area contributed by atoms with E-state index >= 15 is 0 Å². The molecule has 0 heterocycles. The fraction of sp³-hybridized carbons (Fsp3) is 0.538. The second kappa shape index (κ2) is 9.13. The highest BCUT2D eigenvalue weighted by atomic mass is 35.5. The van der Waals surface area contributed by atoms with Crippen LogP contribution < -0.4 is 11.1 Å². The summed E-state index contributed by atoms with van der Waals surface area (Å²) >= 11 is 0. The zero-order valence-corrected chi connectivity index (χ0v) is 12.8. The number of benzene rings is 1. The molecule has 1 aliphatic carbocycles. The van der Waals surface area contributed by atoms with Crippen molar-refractivity contribution in [1.29, 1.82) is 0 Å². The van der Waals surface area contributed by atoms with Crippen LogP contribution in [0.2, 0.25) is 0 Å². The van der Waals surface area contributed by atoms with Crippen LogP contribution in [0.15, 0.2) is 24.3 Å². The van der Waals surface area contributed by atoms with Crippen LogP contribution in [-0.4, -0.2) is 17.0 Å². The minimum atomic E-state index is -0.375. The lowest BCUT2D eigenvalue weighted by molar-refractivity contribution is -0.384. The zero-order valence-electron chi connectivity index (χ0n) is 11.2. The number of nitrogens with zero attached hydrogens (tertiary/aromatic N) is 1. The van der Waals surface area contributed by atoms with Gasteiger partial charge in [0, 0.05) is 30.8 Å². The standard InChI is InChI=1S/C13H19N3O2.2ClH/c14-11-3-5-12(6-4-11)15-9-10-1-7-13(8-2-10)16(17)18;;/h1-2,7-8,11-12,15H,3-6,9,14H2;2*1H. The molecular weight excluding hydrogens is 301 g/mol. The first-order valence-electron chi connectivity index (χ1n) is 6.37. The van der Waals surface area contributed by atoms with Gasteiger partial charge in [0.05, 0.1) is 4.92 Å². The predicted molar refractivity (Wildman–Crippen MR) is 84.7 cm³/mol. The molecule has 0 saturated heterocycles. The summed E-state index contributed by atoms with van der Waals surface area (Å²) in [6.07, 6.45) is 4.40. The monoisotopic (exact) mass is 321 g/mol. The van der Waals surface area contributed by atoms with Gasteiger partial charge in [0.25, 0.3) is 5.69 Å². The van der Waals surface area contributed by atoms with Crippen molar-refractivity contribution in [2.24, 2.45) is 5.73 Å². The number of rotatable bonds is 4. The second-order valence-corrected chi connectivity index (χ2v) is 4.92. The number of non-ortho nitro benzene ring substituents is 1. The highest BCUT2D eigenvalue weighted by Crippen LogP contribution is 2.18. The summed E-state index contributed by atoms with van der Waals surface area (Å²) < 4.78 is 0. The molecule has 1 fully saturated rings. The van der Waals surface area contributed by atoms with Crippen LogP contribution in [0.25, 0.3) is 0 Å². The average molecular weight is 322 g/mol. The smallest absolute Gasteiger partial charge is 0.269 e. The molecule has 1 aromatic rings. The summed E-state index contributed by atoms with van der Waals surface area (Å²) in [6.45, 7) is 0.762. The first kappa shape index (κ1) is 19.1. The van der Waals surface area contributed by atoms with Gasteiger partial charge in [-0.25, -0.2) is 0 Å². The van der Waals surface area contributed by atoms with Crippen LogP contribution in [0.5, 0.6) is 0 Å². The third kappa shape index (κ3) is 5.63. The Morgan fingerprint density at radius 1 is 1.15 bits per heavy atom. The minimum absolute atomic E-state index is 0. The molecule has 0 spiro atoms. The molecule has 3 N–H and O–H groups in total. The largest absolute Gasteiger partial charge is 0.328 e. The minimum Gasteiger partial charge on any atom is -0.328 e. The van der Waals surface area contributed by atoms with Gasteiger partial charge in [-0.15, -0.1) is 24.8 Å². The maximum atomic E-state index is 10.5. The van der Waals surface area contributed by atoms with E-state index in [-0.39, 0.29) is 35.4 Å². The van der Waals surface area contributed by atoms with Gasteiger partial charge in [0.15, 0.2) is 0 Å². The Morgan fingerprint density at radius 2 is 1.70 bits per heavy atom. The molecule has 1 aromatic carbocycles. The Bertz CT molecular complexity index is 407. The van der Waals surface area contributed by atoms with Crippen LogP contribution in [0.4, 0.5) is 5.69 Å². The van der Waals surface area contributed by atoms with E-state index in [1.54, 1.807) is 24.3 Å². The third-order valence-corrected chi connectivity index (χ3v) is 3.51. The molecule has 114 valence electrons. The normalized spacial score (nSPS) is 21.4. The van der Waals surface area contributed by atoms with Crippen molar-refractivity contribution in [2.75, 3.05) is 0 Å². The molecule has 1 saturated carbocycles. The SMILES string of the molecule is Cl.Cl.NC1CCC(NCc2ccc([N+](=O)[O-])cc2)CC1. The van der Waals surface area contributed by atoms with Crippen LogP contribution in [-0.2, 0) is 6.54 Å². The van der Waals surface area contributed by atoms with E-state index in [9.17, 15) is 10.1 Å². The van der Waals surface area contributed by atoms with E-state index in [2.05, 4.69) is 5.32 Å². The van der Waals surface area contributed by atoms with Gasteiger partial charge >= 0.3 is 0 Å². The maximum absolute atomic E-state index is 10.5. The molecule has 7 heteroatoms. The highest BCUT2D eigenvalue weighted by molar-refractivity contribution is 5.85. The summed E-state index contributed by atoms with van der Waals surface area (Å²) in [6, 6.07) is 7.60. The average Bonchev–Trinajstić information content (AvgIpc) is 2.38. The van der Waals surface area contributed by atoms with Crippen molar-refractivity contribution in [2.45, 2.75) is 44.3 Å². The summed E-state index contributed by atoms with van der Waals surface area (Å²) in [5.74, 6) is 0. The fourth-order valence-corrected chi connectivity index (χ4v) is 2.32. The molecule has 0 aromatic heterocycles. The predicted octanol–water partition coefficient (Wildman–Crippen LogP) is 2.80. The fourth-order valence-electron chi connectivity index (χ4n) is 2.32. The maximum Gasteiger partial charge on any atom is 0.269 e. The van der Waals surface area contributed by atoms with Crippen LogP contribution in [0.1, 0.15) is 31.2 Å². The van der Waals surface area contributed by atoms with E-state index in [0.29, 0.717) is 12.1 Å². The van der Waals surface area contributed by atoms with Crippen molar-refractivity contribution in [3.63, 3.8) is 0 Å². The molecule has 1 aliphatic rings. The van der Waals surface area contributed by atoms with Gasteiger partial charge in [-0.1, -0.05) is 12.1 Å². The van der Waals surface area contributed by atoms with Gasteiger partial charge in [-0.05, 0) is 31.2 Å². The Morgan fingerprint density at radius 3 is 2.20 bits per heavy atom. The Balaban J connectivity index is 0.00000180. The highest BCUT2D eigenvalue weighted by Gasteiger charge is 2.17. The molecule has 0 unspecified atom stereocenters. The van der Waals surface area contributed by atoms with Crippen molar-refractivity contribution < 1.29 is 4.92 Å². The van der Waals surface area contributed by atoms with E-state index in [1.165, 1.54) is 0 Å². The van der Waals surface area contributed by atoms with Crippen LogP contribution in [0.3, 0.4) is 0 Å². The van der Waals surface area contributed by atoms with Crippen molar-refractivity contribution in [3.05, 3.63) is 39.9 Å². The summed E-state index contributed by atoms with van der Waals surface area (Å²) in [5.41, 5.74) is 7.08. The zero-order chi connectivity index (χ0) is 13.0. The van der Waals surface area contributed by atoms with Gasteiger partial charge in [0.1, 0.15) is 0 Å². The first-order valence-corrected chi connectivity index (χ1v) is 6.37. The molecule has 0 bridgehead atoms. The molecule has 2 rings (SSSR count). The quantitative estimate of drug-likeness (QED) is 0.660. The molecule has 20 heavy (non-hydrogen) atoms. The van der Waals surface area contributed by atoms with Gasteiger partial charge in [0.2, 0.25) is 0 Å². The number of halogens is 2. The summed E-state index contributed by atoms with van der Waals surface area (Å²) in [4.78, 5) is 10.2. The van der Waals surface area contributed by atoms with Crippen LogP contribution in [0, 0.1) is 10.1 Å². The first-order chi connectivity index (χ1) is 8.65. The Labute approximate surface area is 131 Å². The van der Waals surface area contributed by atoms with Gasteiger partial charge < -0.3 is 11.1 Å². The molecule has 0 amide bonds. The summed E-state index contributed by atoms with van der Waals surface area (Å²) in [7, 11) is 0. The third-order valence-electron chi connectivity index (χ3n) is 3.51. The van der Waals surface area contributed by atoms with Crippen molar-refractivity contribution in [3.8, 4) is 0 Å². The number of hydrogen-bond donors (Lipinski definition) is 2. The number of nitro benzene ring substituents is 1. The van der Waals surface area contributed by atoms with E-state index in [1.807, 2.05) is 0 Å². The topological polar surface area (TPSA) is 81.2 Å². The number of nitrogens with two attached hydrogens (primary N) is 1. The molecule has 0 radical (unpaired) electrons. The molecule has 0 aliphatic heterocycles. The van der Waals surface area contributed by atoms with Crippen LogP contribution >= 0.6 is 24.8 Å². The Kier molecular flexibility index (Phi) is 8.73. The number of nitrogens with one attached hydrogen (secondary N) is 1. The number of nitro groups is 1. The second-order valence-electron chi connectivity index (χ2n) is 4.92. The lowest BCUT2D eigenvalue weighted by Gasteiger charge is -2.26. The van der Waals surface area contributed by atoms with E-state index in [0.717, 1.165) is 37.8 Å². The lowest BCUT2D eigenvalue weighted by Crippen LogP contribution is -2.36. The Hall–Kier alpha value is -0.880. The molecule has 0 atom stereocenters. The molecule has 5 nitrogen and oxygen atoms in total. The summed E-state index contributed by atoms with van der Waals surface area (Å²) in [5, 5.41) is 14.0. The molecular formula is C13H21Cl2N3O2. The van der Waals surface area contributed by atoms with E-state index < -0.39 is 0 Å².